The van der Waals surface area contributed by atoms with E-state index < -0.39 is 0 Å². The third-order valence-corrected chi connectivity index (χ3v) is 9.76. The quantitative estimate of drug-likeness (QED) is 0.159. The molecule has 5 aromatic rings. The highest BCUT2D eigenvalue weighted by atomic mass is 16.5. The van der Waals surface area contributed by atoms with Gasteiger partial charge in [0.2, 0.25) is 0 Å². The van der Waals surface area contributed by atoms with Crippen molar-refractivity contribution in [1.82, 2.24) is 30.6 Å². The van der Waals surface area contributed by atoms with E-state index in [0.29, 0.717) is 12.1 Å². The zero-order valence-electron chi connectivity index (χ0n) is 24.5. The van der Waals surface area contributed by atoms with Gasteiger partial charge in [-0.15, -0.1) is 0 Å². The molecular weight excluding hydrogens is 548 g/mol. The number of nitrogen functional groups attached to an aromatic ring is 1. The first-order valence-electron chi connectivity index (χ1n) is 15.8. The van der Waals surface area contributed by atoms with Crippen LogP contribution in [0.15, 0.2) is 73.1 Å². The molecule has 4 atom stereocenters. The van der Waals surface area contributed by atoms with Gasteiger partial charge in [0.05, 0.1) is 41.9 Å². The Morgan fingerprint density at radius 3 is 2.18 bits per heavy atom. The van der Waals surface area contributed by atoms with Crippen LogP contribution in [-0.4, -0.2) is 33.0 Å². The van der Waals surface area contributed by atoms with Crippen LogP contribution in [-0.2, 0) is 6.42 Å². The number of nitrogens with one attached hydrogen (secondary N) is 4. The maximum atomic E-state index is 6.89. The van der Waals surface area contributed by atoms with Gasteiger partial charge < -0.3 is 36.0 Å². The number of nitrogens with zero attached hydrogens (tertiary/aromatic N) is 3. The van der Waals surface area contributed by atoms with E-state index in [9.17, 15) is 0 Å². The molecule has 2 fully saturated rings. The zero-order chi connectivity index (χ0) is 29.2. The molecule has 0 amide bonds. The van der Waals surface area contributed by atoms with Crippen LogP contribution in [0.4, 0.5) is 11.4 Å². The molecule has 44 heavy (non-hydrogen) atoms. The van der Waals surface area contributed by atoms with Gasteiger partial charge in [-0.25, -0.2) is 9.97 Å². The van der Waals surface area contributed by atoms with Crippen molar-refractivity contribution in [3.8, 4) is 28.3 Å². The molecule has 222 valence electrons. The highest BCUT2D eigenvalue weighted by molar-refractivity contribution is 5.72. The summed E-state index contributed by atoms with van der Waals surface area (Å²) in [5.74, 6) is 2.94. The van der Waals surface area contributed by atoms with Crippen molar-refractivity contribution in [3.05, 3.63) is 101 Å². The van der Waals surface area contributed by atoms with Gasteiger partial charge in [-0.1, -0.05) is 30.3 Å². The minimum absolute atomic E-state index is 0.143. The molecule has 0 spiro atoms. The average molecular weight is 585 g/mol. The van der Waals surface area contributed by atoms with E-state index in [1.54, 1.807) is 0 Å². The summed E-state index contributed by atoms with van der Waals surface area (Å²) in [6.45, 7) is 2.10. The van der Waals surface area contributed by atoms with Crippen LogP contribution in [0.25, 0.3) is 22.5 Å². The predicted molar refractivity (Wildman–Crippen MR) is 171 cm³/mol. The van der Waals surface area contributed by atoms with Gasteiger partial charge >= 0.3 is 0 Å². The number of anilines is 2. The van der Waals surface area contributed by atoms with Crippen molar-refractivity contribution in [2.24, 2.45) is 0 Å². The van der Waals surface area contributed by atoms with E-state index in [1.165, 1.54) is 29.7 Å². The third-order valence-electron chi connectivity index (χ3n) is 9.76. The molecule has 9 rings (SSSR count). The van der Waals surface area contributed by atoms with Gasteiger partial charge in [-0.2, -0.15) is 0 Å². The molecule has 2 aromatic heterocycles. The third kappa shape index (κ3) is 4.30. The normalized spacial score (nSPS) is 23.8. The van der Waals surface area contributed by atoms with E-state index in [0.717, 1.165) is 83.5 Å². The molecule has 6 N–H and O–H groups in total. The fraction of sp³-hybridized carbons (Fsp3) is 0.314. The molecule has 9 nitrogen and oxygen atoms in total. The fourth-order valence-corrected chi connectivity index (χ4v) is 7.55. The number of rotatable bonds is 5. The van der Waals surface area contributed by atoms with Crippen LogP contribution in [0.1, 0.15) is 78.4 Å². The zero-order valence-corrected chi connectivity index (χ0v) is 24.5. The summed E-state index contributed by atoms with van der Waals surface area (Å²) in [5.41, 5.74) is 16.0. The number of nitrogens with two attached hydrogens (primary N) is 1. The van der Waals surface area contributed by atoms with Crippen molar-refractivity contribution in [2.75, 3.05) is 23.7 Å². The Bertz CT molecular complexity index is 1850. The Morgan fingerprint density at radius 1 is 0.795 bits per heavy atom. The standard InChI is InChI=1S/C35H36N8O/c36-24-5-1-4-22(15-24)35-43-30-11-9-20(28-18-39-33(41-28)26-6-2-12-37-26)14-23(30)16-31(43)25-10-8-21(17-32(25)44-35)29-19-40-34(42-29)27-7-3-13-38-27/h1,4-5,8-11,14-15,17-19,26-27,31,35,37-38H,2-3,6-7,12-13,16,36H2,(H,39,41)(H,40,42)/t26-,27-,31?,35?/m0/s1. The summed E-state index contributed by atoms with van der Waals surface area (Å²) in [6, 6.07) is 22.2. The lowest BCUT2D eigenvalue weighted by Gasteiger charge is -2.41. The molecule has 0 saturated carbocycles. The Labute approximate surface area is 256 Å². The molecule has 9 heteroatoms. The topological polar surface area (TPSA) is 120 Å². The average Bonchev–Trinajstić information content (AvgIpc) is 3.89. The maximum Gasteiger partial charge on any atom is 0.199 e. The van der Waals surface area contributed by atoms with Gasteiger partial charge in [0.1, 0.15) is 17.4 Å². The number of aromatic amines is 2. The SMILES string of the molecule is Nc1cccc(C2Oc3cc(-c4cnc([C@@H]5CCCN5)[nH]4)ccc3C3Cc4cc(-c5cnc([C@@H]6CCCN6)[nH]5)ccc4N32)c1. The van der Waals surface area contributed by atoms with Crippen molar-refractivity contribution < 1.29 is 4.74 Å². The highest BCUT2D eigenvalue weighted by Gasteiger charge is 2.42. The lowest BCUT2D eigenvalue weighted by Crippen LogP contribution is -2.37. The summed E-state index contributed by atoms with van der Waals surface area (Å²) in [7, 11) is 0. The van der Waals surface area contributed by atoms with Crippen molar-refractivity contribution >= 4 is 11.4 Å². The second-order valence-corrected chi connectivity index (χ2v) is 12.5. The van der Waals surface area contributed by atoms with E-state index in [4.69, 9.17) is 20.4 Å². The summed E-state index contributed by atoms with van der Waals surface area (Å²) in [4.78, 5) is 19.0. The number of aromatic nitrogens is 4. The number of hydrogen-bond donors (Lipinski definition) is 5. The van der Waals surface area contributed by atoms with E-state index in [-0.39, 0.29) is 12.3 Å². The summed E-state index contributed by atoms with van der Waals surface area (Å²) < 4.78 is 6.89. The smallest absolute Gasteiger partial charge is 0.199 e. The summed E-state index contributed by atoms with van der Waals surface area (Å²) >= 11 is 0. The molecule has 2 unspecified atom stereocenters. The second-order valence-electron chi connectivity index (χ2n) is 12.5. The lowest BCUT2D eigenvalue weighted by molar-refractivity contribution is 0.167. The first-order valence-corrected chi connectivity index (χ1v) is 15.8. The molecule has 6 heterocycles. The van der Waals surface area contributed by atoms with Crippen LogP contribution < -0.4 is 26.0 Å². The van der Waals surface area contributed by atoms with E-state index in [1.807, 2.05) is 30.6 Å². The Balaban J connectivity index is 1.08. The minimum Gasteiger partial charge on any atom is -0.466 e. The molecule has 0 radical (unpaired) electrons. The van der Waals surface area contributed by atoms with Gasteiger partial charge in [0, 0.05) is 28.1 Å². The predicted octanol–water partition coefficient (Wildman–Crippen LogP) is 6.09. The van der Waals surface area contributed by atoms with Crippen LogP contribution in [0.2, 0.25) is 0 Å². The minimum atomic E-state index is -0.300. The van der Waals surface area contributed by atoms with Gasteiger partial charge in [-0.3, -0.25) is 0 Å². The van der Waals surface area contributed by atoms with Crippen LogP contribution in [0.3, 0.4) is 0 Å². The fourth-order valence-electron chi connectivity index (χ4n) is 7.55. The molecule has 0 aliphatic carbocycles. The monoisotopic (exact) mass is 584 g/mol. The molecule has 0 bridgehead atoms. The first kappa shape index (κ1) is 25.9. The first-order chi connectivity index (χ1) is 21.7. The van der Waals surface area contributed by atoms with Crippen molar-refractivity contribution in [1.29, 1.82) is 0 Å². The molecule has 4 aliphatic rings. The van der Waals surface area contributed by atoms with Crippen LogP contribution >= 0.6 is 0 Å². The van der Waals surface area contributed by atoms with Gasteiger partial charge in [0.15, 0.2) is 6.23 Å². The summed E-state index contributed by atoms with van der Waals surface area (Å²) in [5, 5.41) is 7.08. The van der Waals surface area contributed by atoms with Gasteiger partial charge in [-0.05, 0) is 86.7 Å². The number of hydrogen-bond acceptors (Lipinski definition) is 7. The number of imidazole rings is 2. The second kappa shape index (κ2) is 10.2. The number of benzene rings is 3. The lowest BCUT2D eigenvalue weighted by atomic mass is 9.96. The number of H-pyrrole nitrogens is 2. The largest absolute Gasteiger partial charge is 0.466 e. The molecular formula is C35H36N8O. The Kier molecular flexibility index (Phi) is 6.02. The Morgan fingerprint density at radius 2 is 1.50 bits per heavy atom. The molecule has 4 aliphatic heterocycles. The molecule has 3 aromatic carbocycles. The van der Waals surface area contributed by atoms with Crippen molar-refractivity contribution in [3.63, 3.8) is 0 Å². The van der Waals surface area contributed by atoms with E-state index >= 15 is 0 Å². The van der Waals surface area contributed by atoms with Crippen molar-refractivity contribution in [2.45, 2.75) is 56.5 Å². The molecule has 2 saturated heterocycles. The number of ether oxygens (including phenoxy) is 1. The summed E-state index contributed by atoms with van der Waals surface area (Å²) in [6.07, 6.45) is 9.12. The van der Waals surface area contributed by atoms with Gasteiger partial charge in [0.25, 0.3) is 0 Å². The Hall–Kier alpha value is -4.60. The van der Waals surface area contributed by atoms with E-state index in [2.05, 4.69) is 68.0 Å². The van der Waals surface area contributed by atoms with Crippen LogP contribution in [0, 0.1) is 0 Å². The maximum absolute atomic E-state index is 6.89. The van der Waals surface area contributed by atoms with Crippen LogP contribution in [0.5, 0.6) is 5.75 Å². The highest BCUT2D eigenvalue weighted by Crippen LogP contribution is 2.53. The number of fused-ring (bicyclic) bond motifs is 5.